The fraction of sp³-hybridized carbons (Fsp3) is 0.190. The summed E-state index contributed by atoms with van der Waals surface area (Å²) in [5.74, 6) is -0.249. The molecular weight excluding hydrogens is 439 g/mol. The predicted molar refractivity (Wildman–Crippen MR) is 113 cm³/mol. The summed E-state index contributed by atoms with van der Waals surface area (Å²) in [5, 5.41) is 7.54. The Morgan fingerprint density at radius 3 is 2.58 bits per heavy atom. The molecule has 3 heterocycles. The zero-order valence-corrected chi connectivity index (χ0v) is 17.5. The number of rotatable bonds is 5. The first kappa shape index (κ1) is 22.0. The Morgan fingerprint density at radius 2 is 1.94 bits per heavy atom. The number of amides is 2. The SMILES string of the molecule is CN(C=O)N(Cc1ccc(C(F)(F)F)cn1)C(=O)c1ccc2nc(N)c3cnn(C)c3c2c1. The lowest BCUT2D eigenvalue weighted by Gasteiger charge is -2.28. The van der Waals surface area contributed by atoms with Crippen molar-refractivity contribution in [2.24, 2.45) is 7.05 Å². The predicted octanol–water partition coefficient (Wildman–Crippen LogP) is 2.76. The molecule has 0 atom stereocenters. The van der Waals surface area contributed by atoms with Crippen LogP contribution in [0.25, 0.3) is 21.8 Å². The largest absolute Gasteiger partial charge is 0.417 e. The standard InChI is InChI=1S/C21H18F3N7O2/c1-29(11-32)31(10-14-5-4-13(8-26-14)21(22,23)24)20(33)12-3-6-17-15(7-12)18-16(19(25)28-17)9-27-30(18)2/h3-9,11H,10H2,1-2H3,(H2,25,28). The number of anilines is 1. The second-order valence-corrected chi connectivity index (χ2v) is 7.34. The average molecular weight is 457 g/mol. The molecule has 4 aromatic rings. The van der Waals surface area contributed by atoms with Crippen LogP contribution in [0.3, 0.4) is 0 Å². The van der Waals surface area contributed by atoms with Crippen molar-refractivity contribution in [3.63, 3.8) is 0 Å². The van der Waals surface area contributed by atoms with Gasteiger partial charge in [-0.3, -0.25) is 24.3 Å². The molecule has 0 aliphatic carbocycles. The van der Waals surface area contributed by atoms with Gasteiger partial charge in [-0.25, -0.2) is 9.99 Å². The molecule has 0 fully saturated rings. The first-order valence-corrected chi connectivity index (χ1v) is 9.63. The molecule has 0 saturated carbocycles. The number of nitrogen functional groups attached to an aromatic ring is 1. The molecule has 4 rings (SSSR count). The Kier molecular flexibility index (Phi) is 5.36. The summed E-state index contributed by atoms with van der Waals surface area (Å²) >= 11 is 0. The summed E-state index contributed by atoms with van der Waals surface area (Å²) in [6.45, 7) is -0.217. The number of hydrazine groups is 1. The number of benzene rings is 1. The average Bonchev–Trinajstić information content (AvgIpc) is 3.18. The van der Waals surface area contributed by atoms with Crippen LogP contribution in [0.2, 0.25) is 0 Å². The zero-order chi connectivity index (χ0) is 23.9. The molecule has 12 heteroatoms. The Labute approximate surface area is 185 Å². The molecule has 3 aromatic heterocycles. The fourth-order valence-corrected chi connectivity index (χ4v) is 3.46. The smallest absolute Gasteiger partial charge is 0.383 e. The summed E-state index contributed by atoms with van der Waals surface area (Å²) in [7, 11) is 3.09. The van der Waals surface area contributed by atoms with Gasteiger partial charge in [0.25, 0.3) is 5.91 Å². The van der Waals surface area contributed by atoms with E-state index < -0.39 is 17.6 Å². The lowest BCUT2D eigenvalue weighted by Crippen LogP contribution is -2.43. The highest BCUT2D eigenvalue weighted by molar-refractivity contribution is 6.10. The lowest BCUT2D eigenvalue weighted by molar-refractivity contribution is -0.137. The molecule has 2 N–H and O–H groups in total. The van der Waals surface area contributed by atoms with E-state index in [1.807, 2.05) is 0 Å². The minimum Gasteiger partial charge on any atom is -0.383 e. The normalized spacial score (nSPS) is 11.7. The van der Waals surface area contributed by atoms with E-state index in [4.69, 9.17) is 5.73 Å². The second kappa shape index (κ2) is 8.04. The number of nitrogens with two attached hydrogens (primary N) is 1. The number of carbonyl (C=O) groups excluding carboxylic acids is 2. The Bertz CT molecular complexity index is 1370. The van der Waals surface area contributed by atoms with E-state index in [0.717, 1.165) is 22.2 Å². The van der Waals surface area contributed by atoms with Gasteiger partial charge in [-0.2, -0.15) is 18.3 Å². The molecule has 0 aliphatic heterocycles. The van der Waals surface area contributed by atoms with Crippen LogP contribution in [0, 0.1) is 0 Å². The molecule has 1 aromatic carbocycles. The van der Waals surface area contributed by atoms with Crippen molar-refractivity contribution >= 4 is 39.9 Å². The van der Waals surface area contributed by atoms with Crippen molar-refractivity contribution in [2.45, 2.75) is 12.7 Å². The van der Waals surface area contributed by atoms with Crippen LogP contribution in [0.5, 0.6) is 0 Å². The topological polar surface area (TPSA) is 110 Å². The quantitative estimate of drug-likeness (QED) is 0.365. The Morgan fingerprint density at radius 1 is 1.18 bits per heavy atom. The van der Waals surface area contributed by atoms with E-state index >= 15 is 0 Å². The lowest BCUT2D eigenvalue weighted by atomic mass is 10.1. The van der Waals surface area contributed by atoms with E-state index in [-0.39, 0.29) is 17.8 Å². The highest BCUT2D eigenvalue weighted by Gasteiger charge is 2.31. The summed E-state index contributed by atoms with van der Waals surface area (Å²) in [6, 6.07) is 6.80. The van der Waals surface area contributed by atoms with Crippen molar-refractivity contribution in [3.05, 3.63) is 59.5 Å². The number of hydrogen-bond donors (Lipinski definition) is 1. The summed E-state index contributed by atoms with van der Waals surface area (Å²) < 4.78 is 40.0. The molecule has 0 spiro atoms. The molecular formula is C21H18F3N7O2. The number of carbonyl (C=O) groups is 2. The third-order valence-corrected chi connectivity index (χ3v) is 5.19. The van der Waals surface area contributed by atoms with Crippen LogP contribution in [0.1, 0.15) is 21.6 Å². The van der Waals surface area contributed by atoms with Crippen LogP contribution in [-0.2, 0) is 24.6 Å². The monoisotopic (exact) mass is 457 g/mol. The van der Waals surface area contributed by atoms with Crippen molar-refractivity contribution < 1.29 is 22.8 Å². The molecule has 0 saturated heterocycles. The van der Waals surface area contributed by atoms with Gasteiger partial charge in [0.1, 0.15) is 5.82 Å². The minimum absolute atomic E-state index is 0.175. The molecule has 0 aliphatic rings. The van der Waals surface area contributed by atoms with Crippen molar-refractivity contribution in [3.8, 4) is 0 Å². The molecule has 0 bridgehead atoms. The first-order valence-electron chi connectivity index (χ1n) is 9.63. The van der Waals surface area contributed by atoms with Gasteiger partial charge in [-0.15, -0.1) is 0 Å². The fourth-order valence-electron chi connectivity index (χ4n) is 3.46. The maximum Gasteiger partial charge on any atom is 0.417 e. The van der Waals surface area contributed by atoms with Gasteiger partial charge in [0.15, 0.2) is 0 Å². The maximum absolute atomic E-state index is 13.3. The van der Waals surface area contributed by atoms with Gasteiger partial charge in [0, 0.05) is 31.2 Å². The number of alkyl halides is 3. The van der Waals surface area contributed by atoms with Gasteiger partial charge in [0.05, 0.1) is 40.4 Å². The molecule has 170 valence electrons. The third-order valence-electron chi connectivity index (χ3n) is 5.19. The van der Waals surface area contributed by atoms with Gasteiger partial charge >= 0.3 is 6.18 Å². The van der Waals surface area contributed by atoms with Crippen molar-refractivity contribution in [1.29, 1.82) is 0 Å². The van der Waals surface area contributed by atoms with Gasteiger partial charge < -0.3 is 5.73 Å². The van der Waals surface area contributed by atoms with E-state index in [1.165, 1.54) is 13.1 Å². The number of aromatic nitrogens is 4. The first-order chi connectivity index (χ1) is 15.6. The molecule has 0 radical (unpaired) electrons. The van der Waals surface area contributed by atoms with E-state index in [2.05, 4.69) is 15.1 Å². The Balaban J connectivity index is 1.72. The maximum atomic E-state index is 13.3. The number of nitrogens with zero attached hydrogens (tertiary/aromatic N) is 6. The summed E-state index contributed by atoms with van der Waals surface area (Å²) in [5.41, 5.74) is 6.74. The van der Waals surface area contributed by atoms with Crippen molar-refractivity contribution in [2.75, 3.05) is 12.8 Å². The second-order valence-electron chi connectivity index (χ2n) is 7.34. The van der Waals surface area contributed by atoms with Gasteiger partial charge in [-0.05, 0) is 30.3 Å². The third kappa shape index (κ3) is 4.02. The number of aryl methyl sites for hydroxylation is 1. The minimum atomic E-state index is -4.53. The summed E-state index contributed by atoms with van der Waals surface area (Å²) in [6.07, 6.45) is -1.84. The highest BCUT2D eigenvalue weighted by Crippen LogP contribution is 2.30. The van der Waals surface area contributed by atoms with E-state index in [0.29, 0.717) is 40.2 Å². The van der Waals surface area contributed by atoms with E-state index in [1.54, 1.807) is 30.1 Å². The molecule has 0 unspecified atom stereocenters. The van der Waals surface area contributed by atoms with Crippen LogP contribution in [0.4, 0.5) is 19.0 Å². The van der Waals surface area contributed by atoms with Crippen LogP contribution >= 0.6 is 0 Å². The molecule has 33 heavy (non-hydrogen) atoms. The van der Waals surface area contributed by atoms with Gasteiger partial charge in [0.2, 0.25) is 6.41 Å². The number of hydrogen-bond acceptors (Lipinski definition) is 6. The Hall–Kier alpha value is -4.22. The van der Waals surface area contributed by atoms with Crippen LogP contribution < -0.4 is 5.73 Å². The molecule has 9 nitrogen and oxygen atoms in total. The van der Waals surface area contributed by atoms with E-state index in [9.17, 15) is 22.8 Å². The number of pyridine rings is 2. The highest BCUT2D eigenvalue weighted by atomic mass is 19.4. The number of fused-ring (bicyclic) bond motifs is 3. The number of halogens is 3. The zero-order valence-electron chi connectivity index (χ0n) is 17.5. The summed E-state index contributed by atoms with van der Waals surface area (Å²) in [4.78, 5) is 32.8. The molecule has 2 amide bonds. The van der Waals surface area contributed by atoms with Crippen LogP contribution in [-0.4, -0.2) is 49.1 Å². The van der Waals surface area contributed by atoms with Crippen molar-refractivity contribution in [1.82, 2.24) is 29.8 Å². The van der Waals surface area contributed by atoms with Crippen LogP contribution in [0.15, 0.2) is 42.7 Å². The van der Waals surface area contributed by atoms with Gasteiger partial charge in [-0.1, -0.05) is 0 Å².